The maximum atomic E-state index is 13.9. The summed E-state index contributed by atoms with van der Waals surface area (Å²) in [6, 6.07) is 13.9. The fourth-order valence-electron chi connectivity index (χ4n) is 6.49. The highest BCUT2D eigenvalue weighted by Crippen LogP contribution is 2.33. The third kappa shape index (κ3) is 5.15. The number of para-hydroxylation sites is 1. The van der Waals surface area contributed by atoms with Crippen LogP contribution in [0.5, 0.6) is 0 Å². The van der Waals surface area contributed by atoms with Crippen molar-refractivity contribution in [2.45, 2.75) is 58.9 Å². The molecule has 208 valence electrons. The summed E-state index contributed by atoms with van der Waals surface area (Å²) in [5, 5.41) is 9.33. The lowest BCUT2D eigenvalue weighted by atomic mass is 9.88. The molecule has 0 radical (unpaired) electrons. The van der Waals surface area contributed by atoms with Crippen LogP contribution in [0.1, 0.15) is 62.6 Å². The van der Waals surface area contributed by atoms with Crippen LogP contribution in [0.25, 0.3) is 21.8 Å². The van der Waals surface area contributed by atoms with Gasteiger partial charge in [-0.05, 0) is 65.3 Å². The van der Waals surface area contributed by atoms with E-state index in [9.17, 15) is 14.4 Å². The lowest BCUT2D eigenvalue weighted by molar-refractivity contribution is -0.142. The van der Waals surface area contributed by atoms with Gasteiger partial charge in [-0.15, -0.1) is 0 Å². The van der Waals surface area contributed by atoms with Crippen molar-refractivity contribution in [3.63, 3.8) is 0 Å². The highest BCUT2D eigenvalue weighted by Gasteiger charge is 2.35. The number of benzene rings is 2. The molecule has 0 bridgehead atoms. The molecule has 2 aliphatic heterocycles. The van der Waals surface area contributed by atoms with E-state index >= 15 is 0 Å². The van der Waals surface area contributed by atoms with Gasteiger partial charge in [0.25, 0.3) is 5.56 Å². The van der Waals surface area contributed by atoms with Crippen molar-refractivity contribution in [1.82, 2.24) is 25.0 Å². The van der Waals surface area contributed by atoms with E-state index in [1.807, 2.05) is 52.4 Å². The number of piperidine rings is 1. The number of fused-ring (bicyclic) bond motifs is 4. The highest BCUT2D eigenvalue weighted by molar-refractivity contribution is 5.89. The number of amides is 2. The fraction of sp³-hybridized carbons (Fsp3) is 0.438. The quantitative estimate of drug-likeness (QED) is 0.391. The summed E-state index contributed by atoms with van der Waals surface area (Å²) in [5.41, 5.74) is 4.73. The van der Waals surface area contributed by atoms with Gasteiger partial charge in [0.05, 0.1) is 17.6 Å². The molecule has 2 aromatic heterocycles. The molecule has 1 saturated heterocycles. The third-order valence-electron chi connectivity index (χ3n) is 8.46. The average molecular weight is 540 g/mol. The average Bonchev–Trinajstić information content (AvgIpc) is 3.37. The zero-order valence-corrected chi connectivity index (χ0v) is 23.5. The molecule has 6 rings (SSSR count). The molecule has 8 heteroatoms. The highest BCUT2D eigenvalue weighted by atomic mass is 16.2. The first-order chi connectivity index (χ1) is 19.2. The molecule has 2 aromatic carbocycles. The lowest BCUT2D eigenvalue weighted by Crippen LogP contribution is -2.43. The number of aromatic nitrogens is 3. The predicted octanol–water partition coefficient (Wildman–Crippen LogP) is 4.75. The molecule has 0 aliphatic carbocycles. The van der Waals surface area contributed by atoms with Crippen LogP contribution in [0.15, 0.2) is 53.5 Å². The van der Waals surface area contributed by atoms with Crippen LogP contribution in [0, 0.1) is 11.3 Å². The molecular weight excluding hydrogens is 502 g/mol. The van der Waals surface area contributed by atoms with E-state index in [4.69, 9.17) is 0 Å². The van der Waals surface area contributed by atoms with Crippen LogP contribution in [0.4, 0.5) is 0 Å². The Kier molecular flexibility index (Phi) is 6.72. The Balaban J connectivity index is 1.18. The first-order valence-corrected chi connectivity index (χ1v) is 14.3. The summed E-state index contributed by atoms with van der Waals surface area (Å²) in [4.78, 5) is 47.0. The molecule has 4 aromatic rings. The first-order valence-electron chi connectivity index (χ1n) is 14.3. The largest absolute Gasteiger partial charge is 0.343 e. The SMILES string of the molecule is CC(C)(C)CN1Cc2c(ccc3[nH]ncc23)CC(CC(=O)N2CCC(c3cc4ccccc4[nH]c3=O)CC2)C1=O. The number of H-pyrrole nitrogens is 2. The van der Waals surface area contributed by atoms with Crippen LogP contribution in [0.3, 0.4) is 0 Å². The van der Waals surface area contributed by atoms with E-state index in [1.165, 1.54) is 0 Å². The Morgan fingerprint density at radius 3 is 2.60 bits per heavy atom. The molecule has 0 spiro atoms. The van der Waals surface area contributed by atoms with Crippen molar-refractivity contribution >= 4 is 33.6 Å². The molecule has 2 N–H and O–H groups in total. The fourth-order valence-corrected chi connectivity index (χ4v) is 6.49. The maximum Gasteiger partial charge on any atom is 0.251 e. The number of hydrogen-bond donors (Lipinski definition) is 2. The summed E-state index contributed by atoms with van der Waals surface area (Å²) in [5.74, 6) is -0.216. The third-order valence-corrected chi connectivity index (χ3v) is 8.46. The molecule has 1 atom stereocenters. The summed E-state index contributed by atoms with van der Waals surface area (Å²) in [6.45, 7) is 8.73. The minimum Gasteiger partial charge on any atom is -0.343 e. The van der Waals surface area contributed by atoms with Gasteiger partial charge < -0.3 is 14.8 Å². The van der Waals surface area contributed by atoms with Gasteiger partial charge in [-0.1, -0.05) is 45.0 Å². The van der Waals surface area contributed by atoms with Crippen LogP contribution >= 0.6 is 0 Å². The zero-order chi connectivity index (χ0) is 28.0. The topological polar surface area (TPSA) is 102 Å². The van der Waals surface area contributed by atoms with Gasteiger partial charge in [0.2, 0.25) is 11.8 Å². The number of aromatic amines is 2. The van der Waals surface area contributed by atoms with Gasteiger partial charge in [-0.3, -0.25) is 19.5 Å². The second-order valence-corrected chi connectivity index (χ2v) is 12.7. The molecule has 8 nitrogen and oxygen atoms in total. The second-order valence-electron chi connectivity index (χ2n) is 12.7. The van der Waals surface area contributed by atoms with E-state index < -0.39 is 5.92 Å². The number of hydrogen-bond acceptors (Lipinski definition) is 4. The summed E-state index contributed by atoms with van der Waals surface area (Å²) in [6.07, 6.45) is 4.06. The predicted molar refractivity (Wildman–Crippen MR) is 156 cm³/mol. The number of rotatable bonds is 4. The van der Waals surface area contributed by atoms with Crippen molar-refractivity contribution in [3.05, 3.63) is 75.7 Å². The minimum absolute atomic E-state index is 0.0211. The monoisotopic (exact) mass is 539 g/mol. The van der Waals surface area contributed by atoms with Crippen molar-refractivity contribution in [2.24, 2.45) is 11.3 Å². The Morgan fingerprint density at radius 1 is 1.05 bits per heavy atom. The minimum atomic E-state index is -0.401. The van der Waals surface area contributed by atoms with Gasteiger partial charge in [-0.2, -0.15) is 5.10 Å². The van der Waals surface area contributed by atoms with Crippen LogP contribution in [-0.4, -0.2) is 56.4 Å². The molecule has 2 amide bonds. The van der Waals surface area contributed by atoms with Crippen molar-refractivity contribution in [1.29, 1.82) is 0 Å². The van der Waals surface area contributed by atoms with E-state index in [0.717, 1.165) is 51.3 Å². The zero-order valence-electron chi connectivity index (χ0n) is 23.5. The van der Waals surface area contributed by atoms with Crippen molar-refractivity contribution in [2.75, 3.05) is 19.6 Å². The van der Waals surface area contributed by atoms with Gasteiger partial charge in [0, 0.05) is 49.1 Å². The van der Waals surface area contributed by atoms with Crippen LogP contribution in [-0.2, 0) is 22.6 Å². The number of pyridine rings is 1. The standard InChI is InChI=1S/C32H37N5O3/c1-32(2,3)19-37-18-26-21(8-9-28-25(26)17-33-35-28)14-23(31(37)40)16-29(38)36-12-10-20(11-13-36)24-15-22-6-4-5-7-27(22)34-30(24)39/h4-9,15,17,20,23H,10-14,16,18-19H2,1-3H3,(H,33,35)(H,34,39). The molecule has 1 unspecified atom stereocenters. The Labute approximate surface area is 233 Å². The van der Waals surface area contributed by atoms with Crippen LogP contribution < -0.4 is 5.56 Å². The molecule has 4 heterocycles. The Morgan fingerprint density at radius 2 is 1.82 bits per heavy atom. The molecule has 1 fully saturated rings. The molecule has 40 heavy (non-hydrogen) atoms. The summed E-state index contributed by atoms with van der Waals surface area (Å²) < 4.78 is 0. The van der Waals surface area contributed by atoms with Crippen molar-refractivity contribution in [3.8, 4) is 0 Å². The van der Waals surface area contributed by atoms with E-state index in [2.05, 4.69) is 42.0 Å². The number of carbonyl (C=O) groups is 2. The van der Waals surface area contributed by atoms with Crippen molar-refractivity contribution < 1.29 is 9.59 Å². The molecular formula is C32H37N5O3. The van der Waals surface area contributed by atoms with E-state index in [-0.39, 0.29) is 35.1 Å². The van der Waals surface area contributed by atoms with Gasteiger partial charge in [0.1, 0.15) is 0 Å². The smallest absolute Gasteiger partial charge is 0.251 e. The summed E-state index contributed by atoms with van der Waals surface area (Å²) >= 11 is 0. The Bertz CT molecular complexity index is 1640. The second kappa shape index (κ2) is 10.2. The number of carbonyl (C=O) groups excluding carboxylic acids is 2. The number of nitrogens with one attached hydrogen (secondary N) is 2. The first kappa shape index (κ1) is 26.3. The van der Waals surface area contributed by atoms with Gasteiger partial charge in [-0.25, -0.2) is 0 Å². The lowest BCUT2D eigenvalue weighted by Gasteiger charge is -2.34. The maximum absolute atomic E-state index is 13.9. The normalized spacial score (nSPS) is 18.8. The molecule has 2 aliphatic rings. The summed E-state index contributed by atoms with van der Waals surface area (Å²) in [7, 11) is 0. The van der Waals surface area contributed by atoms with E-state index in [0.29, 0.717) is 32.6 Å². The number of nitrogens with zero attached hydrogens (tertiary/aromatic N) is 3. The van der Waals surface area contributed by atoms with Gasteiger partial charge in [0.15, 0.2) is 0 Å². The van der Waals surface area contributed by atoms with Gasteiger partial charge >= 0.3 is 0 Å². The van der Waals surface area contributed by atoms with Crippen LogP contribution in [0.2, 0.25) is 0 Å². The Hall–Kier alpha value is -3.94. The molecule has 0 saturated carbocycles. The number of likely N-dealkylation sites (tertiary alicyclic amines) is 1. The van der Waals surface area contributed by atoms with E-state index in [1.54, 1.807) is 0 Å².